The summed E-state index contributed by atoms with van der Waals surface area (Å²) in [5.74, 6) is 0.109. The van der Waals surface area contributed by atoms with Crippen LogP contribution in [0.25, 0.3) is 0 Å². The first-order valence-electron chi connectivity index (χ1n) is 6.80. The first-order valence-corrected chi connectivity index (χ1v) is 6.80. The van der Waals surface area contributed by atoms with Gasteiger partial charge < -0.3 is 9.84 Å². The first kappa shape index (κ1) is 13.9. The van der Waals surface area contributed by atoms with Gasteiger partial charge in [-0.1, -0.05) is 30.3 Å². The molecule has 0 unspecified atom stereocenters. The molecular weight excluding hydrogens is 238 g/mol. The summed E-state index contributed by atoms with van der Waals surface area (Å²) in [4.78, 5) is 0. The second-order valence-corrected chi connectivity index (χ2v) is 6.48. The van der Waals surface area contributed by atoms with Crippen LogP contribution in [0.15, 0.2) is 42.0 Å². The zero-order valence-corrected chi connectivity index (χ0v) is 12.3. The second kappa shape index (κ2) is 4.89. The van der Waals surface area contributed by atoms with Crippen molar-refractivity contribution in [2.75, 3.05) is 13.6 Å². The normalized spacial score (nSPS) is 25.7. The zero-order chi connectivity index (χ0) is 14.1. The average molecular weight is 262 g/mol. The van der Waals surface area contributed by atoms with E-state index < -0.39 is 0 Å². The monoisotopic (exact) mass is 262 g/mol. The van der Waals surface area contributed by atoms with E-state index in [1.54, 1.807) is 0 Å². The quantitative estimate of drug-likeness (QED) is 0.666. The summed E-state index contributed by atoms with van der Waals surface area (Å²) in [6.07, 6.45) is 0.908. The number of nitrogens with zero attached hydrogens (tertiary/aromatic N) is 1. The molecule has 1 heterocycles. The topological polar surface area (TPSA) is 29.5 Å². The van der Waals surface area contributed by atoms with E-state index in [-0.39, 0.29) is 11.5 Å². The molecular formula is C16H24NO2+. The van der Waals surface area contributed by atoms with Crippen LogP contribution in [0.3, 0.4) is 0 Å². The maximum atomic E-state index is 10.2. The Morgan fingerprint density at radius 1 is 1.26 bits per heavy atom. The van der Waals surface area contributed by atoms with Gasteiger partial charge in [0.1, 0.15) is 12.1 Å². The lowest BCUT2D eigenvalue weighted by Gasteiger charge is -2.43. The molecule has 0 saturated carbocycles. The molecule has 19 heavy (non-hydrogen) atoms. The number of aliphatic hydroxyl groups is 1. The number of ether oxygens (including phenoxy) is 1. The predicted molar refractivity (Wildman–Crippen MR) is 76.3 cm³/mol. The highest BCUT2D eigenvalue weighted by Crippen LogP contribution is 2.35. The lowest BCUT2D eigenvalue weighted by atomic mass is 10.0. The van der Waals surface area contributed by atoms with E-state index in [2.05, 4.69) is 31.3 Å². The summed E-state index contributed by atoms with van der Waals surface area (Å²) in [6.45, 7) is 7.79. The molecule has 1 aliphatic rings. The van der Waals surface area contributed by atoms with Crippen molar-refractivity contribution in [2.24, 2.45) is 0 Å². The van der Waals surface area contributed by atoms with E-state index in [1.165, 1.54) is 5.56 Å². The molecule has 1 saturated heterocycles. The van der Waals surface area contributed by atoms with Gasteiger partial charge in [-0.05, 0) is 20.8 Å². The van der Waals surface area contributed by atoms with Gasteiger partial charge >= 0.3 is 5.95 Å². The van der Waals surface area contributed by atoms with E-state index in [0.29, 0.717) is 0 Å². The smallest absolute Gasteiger partial charge is 0.337 e. The molecule has 0 aromatic heterocycles. The average Bonchev–Trinajstić information content (AvgIpc) is 2.26. The fourth-order valence-corrected chi connectivity index (χ4v) is 2.45. The molecule has 2 rings (SSSR count). The highest BCUT2D eigenvalue weighted by Gasteiger charge is 2.42. The third-order valence-corrected chi connectivity index (χ3v) is 3.52. The van der Waals surface area contributed by atoms with Crippen LogP contribution in [0.5, 0.6) is 0 Å². The maximum absolute atomic E-state index is 10.2. The Hall–Kier alpha value is -1.48. The van der Waals surface area contributed by atoms with E-state index in [9.17, 15) is 5.11 Å². The molecule has 1 N–H and O–H groups in total. The van der Waals surface area contributed by atoms with Crippen molar-refractivity contribution in [3.05, 3.63) is 47.5 Å². The molecule has 0 amide bonds. The number of aliphatic hydroxyl groups excluding tert-OH is 1. The van der Waals surface area contributed by atoms with E-state index in [1.807, 2.05) is 26.8 Å². The Kier molecular flexibility index (Phi) is 3.59. The molecule has 1 aliphatic heterocycles. The van der Waals surface area contributed by atoms with Crippen molar-refractivity contribution in [1.29, 1.82) is 0 Å². The molecule has 3 heteroatoms. The lowest BCUT2D eigenvalue weighted by Crippen LogP contribution is -2.52. The summed E-state index contributed by atoms with van der Waals surface area (Å²) in [5.41, 5.74) is 1.93. The minimum absolute atomic E-state index is 0.109. The van der Waals surface area contributed by atoms with Crippen LogP contribution >= 0.6 is 0 Å². The van der Waals surface area contributed by atoms with Gasteiger partial charge in [-0.15, -0.1) is 0 Å². The van der Waals surface area contributed by atoms with Crippen LogP contribution in [0.2, 0.25) is 0 Å². The molecule has 0 spiro atoms. The Morgan fingerprint density at radius 3 is 2.37 bits per heavy atom. The van der Waals surface area contributed by atoms with Crippen LogP contribution in [-0.4, -0.2) is 28.8 Å². The number of hydrogen-bond donors (Lipinski definition) is 1. The van der Waals surface area contributed by atoms with Crippen molar-refractivity contribution >= 4 is 0 Å². The van der Waals surface area contributed by atoms with E-state index in [4.69, 9.17) is 4.74 Å². The largest absolute Gasteiger partial charge is 0.477 e. The maximum Gasteiger partial charge on any atom is 0.337 e. The summed E-state index contributed by atoms with van der Waals surface area (Å²) in [6, 6.07) is 10.4. The number of benzene rings is 1. The van der Waals surface area contributed by atoms with Crippen LogP contribution in [-0.2, 0) is 11.3 Å². The molecule has 0 bridgehead atoms. The molecule has 104 valence electrons. The second-order valence-electron chi connectivity index (χ2n) is 6.48. The van der Waals surface area contributed by atoms with Gasteiger partial charge in [0.25, 0.3) is 0 Å². The SMILES string of the molecule is CC(C)(C)O/C(O)=C1\CC[N@+]1(C)Cc1ccccc1. The van der Waals surface area contributed by atoms with Gasteiger partial charge in [-0.2, -0.15) is 0 Å². The Morgan fingerprint density at radius 2 is 1.89 bits per heavy atom. The van der Waals surface area contributed by atoms with Crippen molar-refractivity contribution in [3.8, 4) is 0 Å². The highest BCUT2D eigenvalue weighted by molar-refractivity contribution is 5.15. The first-order chi connectivity index (χ1) is 8.80. The van der Waals surface area contributed by atoms with Gasteiger partial charge in [0.15, 0.2) is 5.70 Å². The molecule has 0 radical (unpaired) electrons. The Bertz CT molecular complexity index is 473. The third kappa shape index (κ3) is 3.29. The molecule has 0 aliphatic carbocycles. The summed E-state index contributed by atoms with van der Waals surface area (Å²) >= 11 is 0. The van der Waals surface area contributed by atoms with Gasteiger partial charge in [0.2, 0.25) is 0 Å². The van der Waals surface area contributed by atoms with E-state index in [0.717, 1.165) is 29.7 Å². The summed E-state index contributed by atoms with van der Waals surface area (Å²) in [7, 11) is 2.15. The molecule has 1 aromatic rings. The Balaban J connectivity index is 2.14. The molecule has 1 fully saturated rings. The summed E-state index contributed by atoms with van der Waals surface area (Å²) < 4.78 is 6.34. The molecule has 1 aromatic carbocycles. The summed E-state index contributed by atoms with van der Waals surface area (Å²) in [5, 5.41) is 10.2. The van der Waals surface area contributed by atoms with Crippen LogP contribution < -0.4 is 0 Å². The minimum Gasteiger partial charge on any atom is -0.477 e. The number of hydrogen-bond acceptors (Lipinski definition) is 2. The number of quaternary nitrogens is 1. The molecule has 3 nitrogen and oxygen atoms in total. The van der Waals surface area contributed by atoms with Crippen molar-refractivity contribution in [2.45, 2.75) is 39.3 Å². The number of likely N-dealkylation sites (tertiary alicyclic amines) is 1. The fourth-order valence-electron chi connectivity index (χ4n) is 2.45. The standard InChI is InChI=1S/C16H23NO2/c1-16(2,3)19-15(18)14-10-11-17(14,4)12-13-8-6-5-7-9-13/h5-9H,10-12H2,1-4H3/p+1/b15-14+/t17-/m1/s1. The molecule has 1 atom stereocenters. The van der Waals surface area contributed by atoms with Gasteiger partial charge in [0.05, 0.1) is 20.0 Å². The van der Waals surface area contributed by atoms with Crippen LogP contribution in [0.1, 0.15) is 32.8 Å². The van der Waals surface area contributed by atoms with Crippen LogP contribution in [0.4, 0.5) is 0 Å². The van der Waals surface area contributed by atoms with Crippen LogP contribution in [0, 0.1) is 0 Å². The lowest BCUT2D eigenvalue weighted by molar-refractivity contribution is -0.920. The number of rotatable bonds is 3. The van der Waals surface area contributed by atoms with Gasteiger partial charge in [0, 0.05) is 5.56 Å². The van der Waals surface area contributed by atoms with E-state index >= 15 is 0 Å². The highest BCUT2D eigenvalue weighted by atomic mass is 16.6. The van der Waals surface area contributed by atoms with Gasteiger partial charge in [-0.3, -0.25) is 4.48 Å². The van der Waals surface area contributed by atoms with Crippen molar-refractivity contribution < 1.29 is 14.3 Å². The van der Waals surface area contributed by atoms with Gasteiger partial charge in [-0.25, -0.2) is 0 Å². The fraction of sp³-hybridized carbons (Fsp3) is 0.500. The van der Waals surface area contributed by atoms with Crippen molar-refractivity contribution in [3.63, 3.8) is 0 Å². The minimum atomic E-state index is -0.357. The predicted octanol–water partition coefficient (Wildman–Crippen LogP) is 3.58. The zero-order valence-electron chi connectivity index (χ0n) is 12.3. The third-order valence-electron chi connectivity index (χ3n) is 3.52. The van der Waals surface area contributed by atoms with Crippen molar-refractivity contribution in [1.82, 2.24) is 0 Å². The Labute approximate surface area is 115 Å².